The molecule has 0 unspecified atom stereocenters. The van der Waals surface area contributed by atoms with Crippen LogP contribution < -0.4 is 0 Å². The summed E-state index contributed by atoms with van der Waals surface area (Å²) in [6.07, 6.45) is 0.768. The molecule has 1 aromatic rings. The average molecular weight is 271 g/mol. The zero-order valence-corrected chi connectivity index (χ0v) is 11.1. The van der Waals surface area contributed by atoms with Crippen LogP contribution in [0.25, 0.3) is 0 Å². The summed E-state index contributed by atoms with van der Waals surface area (Å²) in [5.41, 5.74) is 2.12. The Morgan fingerprint density at radius 2 is 1.78 bits per heavy atom. The van der Waals surface area contributed by atoms with Gasteiger partial charge in [0.05, 0.1) is 19.8 Å². The number of hydrogen-bond donors (Lipinski definition) is 0. The third-order valence-corrected chi connectivity index (χ3v) is 2.78. The van der Waals surface area contributed by atoms with Gasteiger partial charge in [0.2, 0.25) is 0 Å². The third kappa shape index (κ3) is 4.04. The number of methoxy groups -OCH3 is 2. The van der Waals surface area contributed by atoms with Crippen molar-refractivity contribution in [2.75, 3.05) is 14.2 Å². The van der Waals surface area contributed by atoms with Crippen molar-refractivity contribution >= 4 is 23.5 Å². The van der Waals surface area contributed by atoms with Crippen LogP contribution in [0.4, 0.5) is 0 Å². The van der Waals surface area contributed by atoms with Gasteiger partial charge in [0, 0.05) is 12.3 Å². The molecule has 0 aliphatic heterocycles. The molecule has 18 heavy (non-hydrogen) atoms. The largest absolute Gasteiger partial charge is 0.469 e. The van der Waals surface area contributed by atoms with Crippen LogP contribution in [0.15, 0.2) is 18.2 Å². The highest BCUT2D eigenvalue weighted by molar-refractivity contribution is 6.17. The highest BCUT2D eigenvalue weighted by Crippen LogP contribution is 2.15. The molecule has 0 aliphatic carbocycles. The molecule has 0 saturated heterocycles. The Bertz CT molecular complexity index is 443. The molecular weight excluding hydrogens is 256 g/mol. The van der Waals surface area contributed by atoms with Gasteiger partial charge in [0.1, 0.15) is 0 Å². The molecule has 0 amide bonds. The average Bonchev–Trinajstić information content (AvgIpc) is 2.43. The minimum absolute atomic E-state index is 0.267. The molecule has 0 saturated carbocycles. The lowest BCUT2D eigenvalue weighted by molar-refractivity contribution is -0.140. The van der Waals surface area contributed by atoms with Gasteiger partial charge in [-0.1, -0.05) is 6.07 Å². The topological polar surface area (TPSA) is 52.6 Å². The number of benzene rings is 1. The lowest BCUT2D eigenvalue weighted by atomic mass is 10.0. The summed E-state index contributed by atoms with van der Waals surface area (Å²) in [5.74, 6) is -0.400. The molecule has 1 rings (SSSR count). The fourth-order valence-electron chi connectivity index (χ4n) is 1.57. The Hall–Kier alpha value is -1.55. The Morgan fingerprint density at radius 3 is 2.33 bits per heavy atom. The normalized spacial score (nSPS) is 9.94. The van der Waals surface area contributed by atoms with Crippen molar-refractivity contribution in [3.63, 3.8) is 0 Å². The highest BCUT2D eigenvalue weighted by Gasteiger charge is 2.10. The fourth-order valence-corrected chi connectivity index (χ4v) is 1.72. The number of carbonyl (C=O) groups is 2. The quantitative estimate of drug-likeness (QED) is 0.609. The van der Waals surface area contributed by atoms with Crippen molar-refractivity contribution in [3.8, 4) is 0 Å². The number of alkyl halides is 1. The molecule has 0 aliphatic rings. The van der Waals surface area contributed by atoms with Gasteiger partial charge in [-0.25, -0.2) is 4.79 Å². The molecule has 0 atom stereocenters. The van der Waals surface area contributed by atoms with Gasteiger partial charge in [-0.15, -0.1) is 11.6 Å². The summed E-state index contributed by atoms with van der Waals surface area (Å²) in [4.78, 5) is 22.5. The van der Waals surface area contributed by atoms with E-state index in [4.69, 9.17) is 11.6 Å². The van der Waals surface area contributed by atoms with Crippen LogP contribution in [0.1, 0.15) is 27.9 Å². The minimum Gasteiger partial charge on any atom is -0.469 e. The van der Waals surface area contributed by atoms with E-state index in [9.17, 15) is 9.59 Å². The summed E-state index contributed by atoms with van der Waals surface area (Å²) in [5, 5.41) is 0. The van der Waals surface area contributed by atoms with Crippen molar-refractivity contribution in [2.45, 2.75) is 18.7 Å². The van der Waals surface area contributed by atoms with E-state index in [0.717, 1.165) is 11.1 Å². The lowest BCUT2D eigenvalue weighted by Gasteiger charge is -2.07. The van der Waals surface area contributed by atoms with Gasteiger partial charge < -0.3 is 9.47 Å². The van der Waals surface area contributed by atoms with E-state index in [1.165, 1.54) is 14.2 Å². The zero-order chi connectivity index (χ0) is 13.5. The van der Waals surface area contributed by atoms with Gasteiger partial charge in [0.25, 0.3) is 0 Å². The van der Waals surface area contributed by atoms with Crippen LogP contribution >= 0.6 is 11.6 Å². The van der Waals surface area contributed by atoms with Crippen molar-refractivity contribution in [1.82, 2.24) is 0 Å². The van der Waals surface area contributed by atoms with Gasteiger partial charge in [-0.2, -0.15) is 0 Å². The predicted molar refractivity (Wildman–Crippen MR) is 67.7 cm³/mol. The molecular formula is C13H15ClO4. The van der Waals surface area contributed by atoms with E-state index < -0.39 is 5.97 Å². The number of esters is 2. The van der Waals surface area contributed by atoms with Crippen LogP contribution in [-0.4, -0.2) is 26.2 Å². The van der Waals surface area contributed by atoms with Crippen LogP contribution in [0.3, 0.4) is 0 Å². The number of carbonyl (C=O) groups excluding carboxylic acids is 2. The third-order valence-electron chi connectivity index (χ3n) is 2.47. The maximum atomic E-state index is 11.5. The van der Waals surface area contributed by atoms with Gasteiger partial charge >= 0.3 is 11.9 Å². The smallest absolute Gasteiger partial charge is 0.337 e. The van der Waals surface area contributed by atoms with Crippen molar-refractivity contribution in [2.24, 2.45) is 0 Å². The molecule has 0 heterocycles. The van der Waals surface area contributed by atoms with E-state index in [-0.39, 0.29) is 12.4 Å². The molecule has 4 nitrogen and oxygen atoms in total. The second-order valence-corrected chi connectivity index (χ2v) is 4.01. The monoisotopic (exact) mass is 270 g/mol. The molecule has 0 fully saturated rings. The van der Waals surface area contributed by atoms with Crippen LogP contribution in [0, 0.1) is 0 Å². The number of rotatable bonds is 5. The first kappa shape index (κ1) is 14.5. The second-order valence-electron chi connectivity index (χ2n) is 3.74. The van der Waals surface area contributed by atoms with Gasteiger partial charge in [-0.05, 0) is 29.7 Å². The van der Waals surface area contributed by atoms with Crippen molar-refractivity contribution < 1.29 is 19.1 Å². The standard InChI is InChI=1S/C13H15ClO4/c1-17-12(15)4-3-9-5-10(8-14)7-11(6-9)13(16)18-2/h5-7H,3-4,8H2,1-2H3. The summed E-state index contributed by atoms with van der Waals surface area (Å²) < 4.78 is 9.23. The number of halogens is 1. The van der Waals surface area contributed by atoms with Crippen molar-refractivity contribution in [1.29, 1.82) is 0 Å². The first-order valence-corrected chi connectivity index (χ1v) is 5.98. The summed E-state index contributed by atoms with van der Waals surface area (Å²) in [6, 6.07) is 5.24. The van der Waals surface area contributed by atoms with Crippen molar-refractivity contribution in [3.05, 3.63) is 34.9 Å². The number of hydrogen-bond acceptors (Lipinski definition) is 4. The molecule has 0 aromatic heterocycles. The van der Waals surface area contributed by atoms with E-state index in [1.54, 1.807) is 12.1 Å². The van der Waals surface area contributed by atoms with Crippen LogP contribution in [0.2, 0.25) is 0 Å². The van der Waals surface area contributed by atoms with Gasteiger partial charge in [0.15, 0.2) is 0 Å². The van der Waals surface area contributed by atoms with Crippen LogP contribution in [-0.2, 0) is 26.6 Å². The lowest BCUT2D eigenvalue weighted by Crippen LogP contribution is -2.05. The fraction of sp³-hybridized carbons (Fsp3) is 0.385. The Labute approximate surface area is 111 Å². The SMILES string of the molecule is COC(=O)CCc1cc(CCl)cc(C(=O)OC)c1. The summed E-state index contributed by atoms with van der Waals surface area (Å²) >= 11 is 5.76. The molecule has 0 radical (unpaired) electrons. The summed E-state index contributed by atoms with van der Waals surface area (Å²) in [6.45, 7) is 0. The predicted octanol–water partition coefficient (Wildman–Crippen LogP) is 2.32. The second kappa shape index (κ2) is 7.01. The van der Waals surface area contributed by atoms with Gasteiger partial charge in [-0.3, -0.25) is 4.79 Å². The minimum atomic E-state index is -0.415. The summed E-state index contributed by atoms with van der Waals surface area (Å²) in [7, 11) is 2.67. The molecule has 0 N–H and O–H groups in total. The maximum absolute atomic E-state index is 11.5. The Kier molecular flexibility index (Phi) is 5.65. The maximum Gasteiger partial charge on any atom is 0.337 e. The van der Waals surface area contributed by atoms with Crippen LogP contribution in [0.5, 0.6) is 0 Å². The number of ether oxygens (including phenoxy) is 2. The zero-order valence-electron chi connectivity index (χ0n) is 10.4. The Balaban J connectivity index is 2.90. The molecule has 5 heteroatoms. The Morgan fingerprint density at radius 1 is 1.11 bits per heavy atom. The van der Waals surface area contributed by atoms with E-state index in [2.05, 4.69) is 9.47 Å². The first-order valence-electron chi connectivity index (χ1n) is 5.44. The van der Waals surface area contributed by atoms with E-state index >= 15 is 0 Å². The molecule has 0 spiro atoms. The first-order chi connectivity index (χ1) is 8.60. The highest BCUT2D eigenvalue weighted by atomic mass is 35.5. The van der Waals surface area contributed by atoms with E-state index in [1.807, 2.05) is 6.07 Å². The molecule has 0 bridgehead atoms. The molecule has 98 valence electrons. The number of aryl methyl sites for hydroxylation is 1. The molecule has 1 aromatic carbocycles. The van der Waals surface area contributed by atoms with E-state index in [0.29, 0.717) is 17.9 Å².